The molecule has 0 bridgehead atoms. The molecule has 5 nitrogen and oxygen atoms in total. The molecule has 1 aliphatic rings. The normalized spacial score (nSPS) is 15.6. The largest absolute Gasteiger partial charge is 0.490 e. The van der Waals surface area contributed by atoms with Crippen molar-refractivity contribution in [2.24, 2.45) is 4.99 Å². The molecule has 2 rings (SSSR count). The molecule has 0 amide bonds. The molecule has 0 aliphatic carbocycles. The van der Waals surface area contributed by atoms with Crippen LogP contribution in [-0.2, 0) is 9.53 Å². The minimum absolute atomic E-state index is 0.275. The fraction of sp³-hybridized carbons (Fsp3) is 0.412. The van der Waals surface area contributed by atoms with E-state index < -0.39 is 5.97 Å². The highest BCUT2D eigenvalue weighted by molar-refractivity contribution is 9.10. The molecule has 0 aromatic heterocycles. The minimum atomic E-state index is -0.445. The van der Waals surface area contributed by atoms with Gasteiger partial charge in [0, 0.05) is 6.92 Å². The summed E-state index contributed by atoms with van der Waals surface area (Å²) in [7, 11) is 0. The lowest BCUT2D eigenvalue weighted by Gasteiger charge is -2.14. The van der Waals surface area contributed by atoms with Gasteiger partial charge in [0.1, 0.15) is 0 Å². The topological polar surface area (TPSA) is 57.1 Å². The molecular weight excluding hydrogens is 362 g/mol. The van der Waals surface area contributed by atoms with Crippen LogP contribution in [-0.4, -0.2) is 25.1 Å². The highest BCUT2D eigenvalue weighted by Gasteiger charge is 2.20. The number of ether oxygens (including phenoxy) is 3. The van der Waals surface area contributed by atoms with Gasteiger partial charge in [-0.3, -0.25) is 0 Å². The van der Waals surface area contributed by atoms with E-state index in [4.69, 9.17) is 14.2 Å². The van der Waals surface area contributed by atoms with Gasteiger partial charge in [0.2, 0.25) is 0 Å². The fourth-order valence-corrected chi connectivity index (χ4v) is 2.64. The van der Waals surface area contributed by atoms with E-state index >= 15 is 0 Å². The Labute approximate surface area is 144 Å². The SMILES string of the molecule is CCCCOc1c(Br)cc(C=C2N=C(C)OC2=O)cc1OCC. The molecule has 0 N–H and O–H groups in total. The zero-order valence-corrected chi connectivity index (χ0v) is 15.1. The first-order chi connectivity index (χ1) is 11.0. The lowest BCUT2D eigenvalue weighted by molar-refractivity contribution is -0.130. The Morgan fingerprint density at radius 3 is 2.70 bits per heavy atom. The quantitative estimate of drug-likeness (QED) is 0.400. The molecule has 23 heavy (non-hydrogen) atoms. The molecule has 124 valence electrons. The first-order valence-electron chi connectivity index (χ1n) is 7.63. The monoisotopic (exact) mass is 381 g/mol. The van der Waals surface area contributed by atoms with Crippen molar-refractivity contribution in [3.8, 4) is 11.5 Å². The van der Waals surface area contributed by atoms with Gasteiger partial charge in [-0.1, -0.05) is 13.3 Å². The second kappa shape index (κ2) is 8.15. The zero-order valence-electron chi connectivity index (χ0n) is 13.5. The number of rotatable bonds is 7. The van der Waals surface area contributed by atoms with Crippen LogP contribution in [0.3, 0.4) is 0 Å². The number of nitrogens with zero attached hydrogens (tertiary/aromatic N) is 1. The molecule has 0 fully saturated rings. The highest BCUT2D eigenvalue weighted by atomic mass is 79.9. The Morgan fingerprint density at radius 2 is 2.09 bits per heavy atom. The van der Waals surface area contributed by atoms with Gasteiger partial charge >= 0.3 is 5.97 Å². The van der Waals surface area contributed by atoms with Gasteiger partial charge in [0.25, 0.3) is 0 Å². The second-order valence-corrected chi connectivity index (χ2v) is 5.87. The van der Waals surface area contributed by atoms with E-state index in [-0.39, 0.29) is 5.70 Å². The number of hydrogen-bond acceptors (Lipinski definition) is 5. The predicted molar refractivity (Wildman–Crippen MR) is 92.9 cm³/mol. The molecule has 0 saturated carbocycles. The van der Waals surface area contributed by atoms with Gasteiger partial charge in [0.05, 0.1) is 17.7 Å². The Balaban J connectivity index is 2.32. The van der Waals surface area contributed by atoms with Crippen molar-refractivity contribution < 1.29 is 19.0 Å². The molecule has 1 aromatic rings. The molecule has 6 heteroatoms. The molecule has 1 aliphatic heterocycles. The van der Waals surface area contributed by atoms with Crippen LogP contribution in [0.25, 0.3) is 6.08 Å². The van der Waals surface area contributed by atoms with E-state index in [0.717, 1.165) is 22.9 Å². The number of halogens is 1. The number of aliphatic imine (C=N–C) groups is 1. The van der Waals surface area contributed by atoms with E-state index in [2.05, 4.69) is 27.8 Å². The maximum absolute atomic E-state index is 11.7. The molecule has 0 radical (unpaired) electrons. The molecular formula is C17H20BrNO4. The van der Waals surface area contributed by atoms with Crippen LogP contribution in [0.2, 0.25) is 0 Å². The first kappa shape index (κ1) is 17.5. The summed E-state index contributed by atoms with van der Waals surface area (Å²) < 4.78 is 17.2. The minimum Gasteiger partial charge on any atom is -0.490 e. The summed E-state index contributed by atoms with van der Waals surface area (Å²) >= 11 is 3.51. The maximum atomic E-state index is 11.7. The molecule has 1 aromatic carbocycles. The molecule has 0 saturated heterocycles. The average Bonchev–Trinajstić information content (AvgIpc) is 2.80. The van der Waals surface area contributed by atoms with Crippen molar-refractivity contribution in [2.75, 3.05) is 13.2 Å². The fourth-order valence-electron chi connectivity index (χ4n) is 2.07. The summed E-state index contributed by atoms with van der Waals surface area (Å²) in [4.78, 5) is 15.7. The number of cyclic esters (lactones) is 1. The summed E-state index contributed by atoms with van der Waals surface area (Å²) in [6.45, 7) is 6.82. The van der Waals surface area contributed by atoms with Crippen molar-refractivity contribution in [3.63, 3.8) is 0 Å². The van der Waals surface area contributed by atoms with Crippen molar-refractivity contribution in [3.05, 3.63) is 27.9 Å². The second-order valence-electron chi connectivity index (χ2n) is 5.01. The third kappa shape index (κ3) is 4.58. The van der Waals surface area contributed by atoms with Gasteiger partial charge in [-0.2, -0.15) is 0 Å². The highest BCUT2D eigenvalue weighted by Crippen LogP contribution is 2.38. The van der Waals surface area contributed by atoms with Crippen molar-refractivity contribution in [2.45, 2.75) is 33.6 Å². The van der Waals surface area contributed by atoms with E-state index in [1.54, 1.807) is 13.0 Å². The summed E-state index contributed by atoms with van der Waals surface area (Å²) in [5.41, 5.74) is 1.06. The van der Waals surface area contributed by atoms with Crippen molar-refractivity contribution in [1.29, 1.82) is 0 Å². The number of unbranched alkanes of at least 4 members (excludes halogenated alkanes) is 1. The summed E-state index contributed by atoms with van der Waals surface area (Å²) in [6, 6.07) is 3.70. The van der Waals surface area contributed by atoms with Crippen LogP contribution < -0.4 is 9.47 Å². The molecule has 1 heterocycles. The number of carbonyl (C=O) groups is 1. The van der Waals surface area contributed by atoms with Crippen LogP contribution in [0.5, 0.6) is 11.5 Å². The van der Waals surface area contributed by atoms with Crippen LogP contribution in [0.15, 0.2) is 27.3 Å². The van der Waals surface area contributed by atoms with Crippen LogP contribution >= 0.6 is 15.9 Å². The number of benzene rings is 1. The van der Waals surface area contributed by atoms with Gasteiger partial charge in [-0.25, -0.2) is 9.79 Å². The van der Waals surface area contributed by atoms with Crippen LogP contribution in [0.1, 0.15) is 39.2 Å². The maximum Gasteiger partial charge on any atom is 0.363 e. The standard InChI is InChI=1S/C17H20BrNO4/c1-4-6-7-22-16-13(18)8-12(10-15(16)21-5-2)9-14-17(20)23-11(3)19-14/h8-10H,4-7H2,1-3H3. The zero-order chi connectivity index (χ0) is 16.8. The lowest BCUT2D eigenvalue weighted by Crippen LogP contribution is -2.02. The number of carbonyl (C=O) groups excluding carboxylic acids is 1. The molecule has 0 atom stereocenters. The Kier molecular flexibility index (Phi) is 6.21. The van der Waals surface area contributed by atoms with E-state index in [1.807, 2.05) is 19.1 Å². The Hall–Kier alpha value is -1.82. The summed E-state index contributed by atoms with van der Waals surface area (Å²) in [6.07, 6.45) is 3.71. The van der Waals surface area contributed by atoms with Gasteiger partial charge in [0.15, 0.2) is 23.1 Å². The number of hydrogen-bond donors (Lipinski definition) is 0. The van der Waals surface area contributed by atoms with E-state index in [9.17, 15) is 4.79 Å². The van der Waals surface area contributed by atoms with Crippen molar-refractivity contribution >= 4 is 33.9 Å². The molecule has 0 spiro atoms. The summed E-state index contributed by atoms with van der Waals surface area (Å²) in [5.74, 6) is 1.22. The lowest BCUT2D eigenvalue weighted by atomic mass is 10.1. The van der Waals surface area contributed by atoms with Gasteiger partial charge in [-0.15, -0.1) is 0 Å². The molecule has 0 unspecified atom stereocenters. The van der Waals surface area contributed by atoms with E-state index in [1.165, 1.54) is 0 Å². The Bertz CT molecular complexity index is 652. The van der Waals surface area contributed by atoms with Crippen LogP contribution in [0, 0.1) is 0 Å². The smallest absolute Gasteiger partial charge is 0.363 e. The van der Waals surface area contributed by atoms with Gasteiger partial charge < -0.3 is 14.2 Å². The predicted octanol–water partition coefficient (Wildman–Crippen LogP) is 4.34. The average molecular weight is 382 g/mol. The Morgan fingerprint density at radius 1 is 1.30 bits per heavy atom. The van der Waals surface area contributed by atoms with Crippen molar-refractivity contribution in [1.82, 2.24) is 0 Å². The number of esters is 1. The third-order valence-corrected chi connectivity index (χ3v) is 3.70. The third-order valence-electron chi connectivity index (χ3n) is 3.11. The van der Waals surface area contributed by atoms with Crippen LogP contribution in [0.4, 0.5) is 0 Å². The first-order valence-corrected chi connectivity index (χ1v) is 8.42. The summed E-state index contributed by atoms with van der Waals surface area (Å²) in [5, 5.41) is 0. The van der Waals surface area contributed by atoms with Gasteiger partial charge in [-0.05, 0) is 53.0 Å². The van der Waals surface area contributed by atoms with E-state index in [0.29, 0.717) is 30.6 Å².